The van der Waals surface area contributed by atoms with Gasteiger partial charge in [0, 0.05) is 23.1 Å². The Kier molecular flexibility index (Phi) is 4.34. The summed E-state index contributed by atoms with van der Waals surface area (Å²) in [6, 6.07) is 10.8. The standard InChI is InChI=1S/C17H12BrFO4/c1-21-12-3-4-13-10(6-17(20)23-16(13)8-12)9-22-15-5-2-11(19)7-14(15)18/h2-8H,9H2,1H3. The highest BCUT2D eigenvalue weighted by atomic mass is 79.9. The van der Waals surface area contributed by atoms with Gasteiger partial charge in [0.15, 0.2) is 0 Å². The second-order valence-corrected chi connectivity index (χ2v) is 5.67. The molecule has 0 spiro atoms. The molecule has 0 saturated heterocycles. The lowest BCUT2D eigenvalue weighted by Crippen LogP contribution is -2.04. The molecule has 0 aliphatic carbocycles. The number of methoxy groups -OCH3 is 1. The Morgan fingerprint density at radius 3 is 2.74 bits per heavy atom. The highest BCUT2D eigenvalue weighted by Crippen LogP contribution is 2.28. The smallest absolute Gasteiger partial charge is 0.336 e. The van der Waals surface area contributed by atoms with E-state index in [9.17, 15) is 9.18 Å². The molecule has 0 N–H and O–H groups in total. The molecule has 6 heteroatoms. The normalized spacial score (nSPS) is 10.7. The van der Waals surface area contributed by atoms with Gasteiger partial charge >= 0.3 is 5.63 Å². The highest BCUT2D eigenvalue weighted by molar-refractivity contribution is 9.10. The molecule has 0 aliphatic heterocycles. The summed E-state index contributed by atoms with van der Waals surface area (Å²) in [5, 5.41) is 0.753. The summed E-state index contributed by atoms with van der Waals surface area (Å²) >= 11 is 3.24. The molecule has 0 amide bonds. The lowest BCUT2D eigenvalue weighted by molar-refractivity contribution is 0.304. The zero-order valence-electron chi connectivity index (χ0n) is 12.1. The summed E-state index contributed by atoms with van der Waals surface area (Å²) in [5.74, 6) is 0.725. The van der Waals surface area contributed by atoms with Gasteiger partial charge in [0.1, 0.15) is 29.5 Å². The van der Waals surface area contributed by atoms with Crippen molar-refractivity contribution in [3.8, 4) is 11.5 Å². The zero-order valence-corrected chi connectivity index (χ0v) is 13.7. The van der Waals surface area contributed by atoms with E-state index in [1.165, 1.54) is 31.4 Å². The van der Waals surface area contributed by atoms with Gasteiger partial charge in [-0.2, -0.15) is 0 Å². The van der Waals surface area contributed by atoms with Crippen LogP contribution in [-0.4, -0.2) is 7.11 Å². The summed E-state index contributed by atoms with van der Waals surface area (Å²) < 4.78 is 29.6. The van der Waals surface area contributed by atoms with Crippen molar-refractivity contribution < 1.29 is 18.3 Å². The van der Waals surface area contributed by atoms with Gasteiger partial charge in [-0.3, -0.25) is 0 Å². The quantitative estimate of drug-likeness (QED) is 0.635. The summed E-state index contributed by atoms with van der Waals surface area (Å²) in [4.78, 5) is 11.7. The van der Waals surface area contributed by atoms with Crippen LogP contribution in [0.3, 0.4) is 0 Å². The Balaban J connectivity index is 1.94. The molecular formula is C17H12BrFO4. The maximum absolute atomic E-state index is 13.1. The molecule has 23 heavy (non-hydrogen) atoms. The fourth-order valence-corrected chi connectivity index (χ4v) is 2.67. The van der Waals surface area contributed by atoms with Crippen molar-refractivity contribution in [2.24, 2.45) is 0 Å². The number of benzene rings is 2. The predicted molar refractivity (Wildman–Crippen MR) is 87.5 cm³/mol. The van der Waals surface area contributed by atoms with Gasteiger partial charge in [0.2, 0.25) is 0 Å². The largest absolute Gasteiger partial charge is 0.497 e. The van der Waals surface area contributed by atoms with Gasteiger partial charge in [-0.05, 0) is 46.3 Å². The third-order valence-electron chi connectivity index (χ3n) is 3.31. The van der Waals surface area contributed by atoms with Crippen molar-refractivity contribution in [2.45, 2.75) is 6.61 Å². The topological polar surface area (TPSA) is 48.7 Å². The zero-order chi connectivity index (χ0) is 16.4. The van der Waals surface area contributed by atoms with Crippen LogP contribution in [0.15, 0.2) is 56.1 Å². The average molecular weight is 379 g/mol. The van der Waals surface area contributed by atoms with Gasteiger partial charge in [0.25, 0.3) is 0 Å². The van der Waals surface area contributed by atoms with Crippen molar-refractivity contribution in [2.75, 3.05) is 7.11 Å². The Morgan fingerprint density at radius 2 is 2.00 bits per heavy atom. The van der Waals surface area contributed by atoms with Crippen LogP contribution in [0.25, 0.3) is 11.0 Å². The van der Waals surface area contributed by atoms with Crippen molar-refractivity contribution in [3.05, 3.63) is 68.7 Å². The maximum Gasteiger partial charge on any atom is 0.336 e. The van der Waals surface area contributed by atoms with Gasteiger partial charge < -0.3 is 13.9 Å². The van der Waals surface area contributed by atoms with Crippen LogP contribution >= 0.6 is 15.9 Å². The second-order valence-electron chi connectivity index (χ2n) is 4.82. The summed E-state index contributed by atoms with van der Waals surface area (Å²) in [7, 11) is 1.54. The third-order valence-corrected chi connectivity index (χ3v) is 3.93. The molecule has 0 aliphatic rings. The highest BCUT2D eigenvalue weighted by Gasteiger charge is 2.09. The summed E-state index contributed by atoms with van der Waals surface area (Å²) in [5.41, 5.74) is 0.631. The minimum Gasteiger partial charge on any atom is -0.497 e. The van der Waals surface area contributed by atoms with Crippen LogP contribution < -0.4 is 15.1 Å². The minimum absolute atomic E-state index is 0.151. The van der Waals surface area contributed by atoms with Gasteiger partial charge in [0.05, 0.1) is 11.6 Å². The number of hydrogen-bond acceptors (Lipinski definition) is 4. The van der Waals surface area contributed by atoms with Crippen molar-refractivity contribution in [1.29, 1.82) is 0 Å². The fraction of sp³-hybridized carbons (Fsp3) is 0.118. The first-order chi connectivity index (χ1) is 11.1. The van der Waals surface area contributed by atoms with Crippen molar-refractivity contribution >= 4 is 26.9 Å². The molecule has 3 aromatic rings. The van der Waals surface area contributed by atoms with Crippen LogP contribution in [0, 0.1) is 5.82 Å². The van der Waals surface area contributed by atoms with E-state index >= 15 is 0 Å². The molecule has 1 heterocycles. The molecule has 0 fully saturated rings. The van der Waals surface area contributed by atoms with Gasteiger partial charge in [-0.1, -0.05) is 0 Å². The average Bonchev–Trinajstić information content (AvgIpc) is 2.53. The van der Waals surface area contributed by atoms with Crippen LogP contribution in [0.5, 0.6) is 11.5 Å². The maximum atomic E-state index is 13.1. The second kappa shape index (κ2) is 6.42. The lowest BCUT2D eigenvalue weighted by atomic mass is 10.1. The molecule has 0 radical (unpaired) electrons. The van der Waals surface area contributed by atoms with E-state index in [-0.39, 0.29) is 12.4 Å². The minimum atomic E-state index is -0.470. The first-order valence-electron chi connectivity index (χ1n) is 6.75. The lowest BCUT2D eigenvalue weighted by Gasteiger charge is -2.10. The molecule has 0 unspecified atom stereocenters. The van der Waals surface area contributed by atoms with Crippen LogP contribution in [-0.2, 0) is 6.61 Å². The van der Waals surface area contributed by atoms with Crippen LogP contribution in [0.1, 0.15) is 5.56 Å². The van der Waals surface area contributed by atoms with Crippen molar-refractivity contribution in [3.63, 3.8) is 0 Å². The number of hydrogen-bond donors (Lipinski definition) is 0. The first-order valence-corrected chi connectivity index (χ1v) is 7.55. The van der Waals surface area contributed by atoms with Crippen molar-refractivity contribution in [1.82, 2.24) is 0 Å². The van der Waals surface area contributed by atoms with E-state index in [4.69, 9.17) is 13.9 Å². The molecular weight excluding hydrogens is 367 g/mol. The number of rotatable bonds is 4. The Bertz CT molecular complexity index is 920. The third kappa shape index (κ3) is 3.37. The van der Waals surface area contributed by atoms with Crippen LogP contribution in [0.2, 0.25) is 0 Å². The van der Waals surface area contributed by atoms with Gasteiger partial charge in [-0.15, -0.1) is 0 Å². The monoisotopic (exact) mass is 378 g/mol. The molecule has 1 aromatic heterocycles. The number of halogens is 2. The van der Waals surface area contributed by atoms with Gasteiger partial charge in [-0.25, -0.2) is 9.18 Å². The molecule has 0 atom stereocenters. The van der Waals surface area contributed by atoms with E-state index in [0.717, 1.165) is 5.39 Å². The fourth-order valence-electron chi connectivity index (χ4n) is 2.20. The summed E-state index contributed by atoms with van der Waals surface area (Å²) in [6.07, 6.45) is 0. The van der Waals surface area contributed by atoms with E-state index in [1.54, 1.807) is 18.2 Å². The first kappa shape index (κ1) is 15.6. The Labute approximate surface area is 139 Å². The Hall–Kier alpha value is -2.34. The summed E-state index contributed by atoms with van der Waals surface area (Å²) in [6.45, 7) is 0.151. The molecule has 2 aromatic carbocycles. The molecule has 118 valence electrons. The van der Waals surface area contributed by atoms with Crippen LogP contribution in [0.4, 0.5) is 4.39 Å². The van der Waals surface area contributed by atoms with E-state index in [1.807, 2.05) is 0 Å². The predicted octanol–water partition coefficient (Wildman–Crippen LogP) is 4.28. The number of fused-ring (bicyclic) bond motifs is 1. The van der Waals surface area contributed by atoms with E-state index in [2.05, 4.69) is 15.9 Å². The SMILES string of the molecule is COc1ccc2c(COc3ccc(F)cc3Br)cc(=O)oc2c1. The van der Waals surface area contributed by atoms with E-state index < -0.39 is 5.63 Å². The molecule has 4 nitrogen and oxygen atoms in total. The molecule has 0 saturated carbocycles. The molecule has 3 rings (SSSR count). The number of ether oxygens (including phenoxy) is 2. The molecule has 0 bridgehead atoms. The van der Waals surface area contributed by atoms with E-state index in [0.29, 0.717) is 27.1 Å². The Morgan fingerprint density at radius 1 is 1.17 bits per heavy atom.